The van der Waals surface area contributed by atoms with Crippen LogP contribution < -0.4 is 4.31 Å². The van der Waals surface area contributed by atoms with Gasteiger partial charge in [-0.15, -0.1) is 0 Å². The van der Waals surface area contributed by atoms with Crippen molar-refractivity contribution in [3.8, 4) is 0 Å². The highest BCUT2D eigenvalue weighted by Gasteiger charge is 2.28. The molecule has 0 aliphatic rings. The van der Waals surface area contributed by atoms with Gasteiger partial charge >= 0.3 is 5.97 Å². The summed E-state index contributed by atoms with van der Waals surface area (Å²) >= 11 is 17.9. The first-order valence-corrected chi connectivity index (χ1v) is 9.35. The molecule has 2 aromatic carbocycles. The van der Waals surface area contributed by atoms with Gasteiger partial charge in [0.1, 0.15) is 5.82 Å². The minimum atomic E-state index is -4.20. The summed E-state index contributed by atoms with van der Waals surface area (Å²) in [6, 6.07) is 6.61. The Hall–Kier alpha value is -1.54. The van der Waals surface area contributed by atoms with Gasteiger partial charge in [0, 0.05) is 6.54 Å². The van der Waals surface area contributed by atoms with E-state index in [0.29, 0.717) is 0 Å². The summed E-state index contributed by atoms with van der Waals surface area (Å²) in [4.78, 5) is 10.7. The number of nitrogens with zero attached hydrogens (tertiary/aromatic N) is 1. The molecule has 0 saturated heterocycles. The molecule has 2 rings (SSSR count). The summed E-state index contributed by atoms with van der Waals surface area (Å²) in [6.45, 7) is -0.396. The fourth-order valence-electron chi connectivity index (χ4n) is 2.00. The number of aliphatic carboxylic acids is 1. The van der Waals surface area contributed by atoms with E-state index in [1.54, 1.807) is 0 Å². The standard InChI is InChI=1S/C15H11Cl3FNO4S/c16-11-7-13(18)14(8-12(11)17)20(6-5-15(21)22)25(23,24)10-3-1-9(19)2-4-10/h1-4,7-8H,5-6H2,(H,21,22). The Morgan fingerprint density at radius 1 is 1.04 bits per heavy atom. The SMILES string of the molecule is O=C(O)CCN(c1cc(Cl)c(Cl)cc1Cl)S(=O)(=O)c1ccc(F)cc1. The molecule has 2 aromatic rings. The van der Waals surface area contributed by atoms with E-state index in [-0.39, 0.29) is 25.7 Å². The summed E-state index contributed by atoms with van der Waals surface area (Å²) in [5.41, 5.74) is -0.0263. The number of rotatable bonds is 6. The number of sulfonamides is 1. The van der Waals surface area contributed by atoms with Crippen LogP contribution in [0.5, 0.6) is 0 Å². The van der Waals surface area contributed by atoms with E-state index in [4.69, 9.17) is 39.9 Å². The van der Waals surface area contributed by atoms with Crippen LogP contribution in [0.25, 0.3) is 0 Å². The summed E-state index contributed by atoms with van der Waals surface area (Å²) < 4.78 is 39.6. The topological polar surface area (TPSA) is 74.7 Å². The van der Waals surface area contributed by atoms with E-state index in [1.807, 2.05) is 0 Å². The van der Waals surface area contributed by atoms with Crippen molar-refractivity contribution in [2.24, 2.45) is 0 Å². The highest BCUT2D eigenvalue weighted by molar-refractivity contribution is 7.92. The number of carboxylic acid groups (broad SMARTS) is 1. The first kappa shape index (κ1) is 19.8. The van der Waals surface area contributed by atoms with Crippen molar-refractivity contribution in [3.63, 3.8) is 0 Å². The lowest BCUT2D eigenvalue weighted by Gasteiger charge is -2.25. The van der Waals surface area contributed by atoms with Crippen LogP contribution in [0.4, 0.5) is 10.1 Å². The summed E-state index contributed by atoms with van der Waals surface area (Å²) in [5.74, 6) is -1.81. The highest BCUT2D eigenvalue weighted by atomic mass is 35.5. The molecule has 0 aromatic heterocycles. The molecule has 0 spiro atoms. The molecule has 0 unspecified atom stereocenters. The molecule has 0 amide bonds. The maximum Gasteiger partial charge on any atom is 0.305 e. The molecule has 134 valence electrons. The number of anilines is 1. The van der Waals surface area contributed by atoms with Gasteiger partial charge in [-0.3, -0.25) is 9.10 Å². The van der Waals surface area contributed by atoms with Gasteiger partial charge in [0.2, 0.25) is 0 Å². The first-order valence-electron chi connectivity index (χ1n) is 6.77. The molecule has 5 nitrogen and oxygen atoms in total. The predicted octanol–water partition coefficient (Wildman–Crippen LogP) is 4.46. The third-order valence-electron chi connectivity index (χ3n) is 3.19. The van der Waals surface area contributed by atoms with Crippen LogP contribution in [0.1, 0.15) is 6.42 Å². The molecular formula is C15H11Cl3FNO4S. The number of benzene rings is 2. The number of carbonyl (C=O) groups is 1. The fourth-order valence-corrected chi connectivity index (χ4v) is 4.17. The van der Waals surface area contributed by atoms with Gasteiger partial charge in [-0.1, -0.05) is 34.8 Å². The van der Waals surface area contributed by atoms with E-state index < -0.39 is 34.8 Å². The van der Waals surface area contributed by atoms with Crippen LogP contribution in [0.2, 0.25) is 15.1 Å². The molecule has 25 heavy (non-hydrogen) atoms. The molecule has 0 aliphatic carbocycles. The monoisotopic (exact) mass is 425 g/mol. The number of hydrogen-bond donors (Lipinski definition) is 1. The Morgan fingerprint density at radius 2 is 1.60 bits per heavy atom. The lowest BCUT2D eigenvalue weighted by Crippen LogP contribution is -2.33. The third kappa shape index (κ3) is 4.55. The zero-order valence-electron chi connectivity index (χ0n) is 12.4. The van der Waals surface area contributed by atoms with Crippen LogP contribution in [-0.2, 0) is 14.8 Å². The maximum absolute atomic E-state index is 13.1. The quantitative estimate of drug-likeness (QED) is 0.692. The van der Waals surface area contributed by atoms with Crippen LogP contribution in [0, 0.1) is 5.82 Å². The Balaban J connectivity index is 2.58. The Morgan fingerprint density at radius 3 is 2.16 bits per heavy atom. The largest absolute Gasteiger partial charge is 0.481 e. The van der Waals surface area contributed by atoms with Crippen molar-refractivity contribution in [3.05, 3.63) is 57.3 Å². The van der Waals surface area contributed by atoms with E-state index in [9.17, 15) is 17.6 Å². The van der Waals surface area contributed by atoms with E-state index >= 15 is 0 Å². The summed E-state index contributed by atoms with van der Waals surface area (Å²) in [5, 5.41) is 9.05. The minimum Gasteiger partial charge on any atom is -0.481 e. The molecule has 0 atom stereocenters. The van der Waals surface area contributed by atoms with Crippen LogP contribution >= 0.6 is 34.8 Å². The molecule has 0 saturated carbocycles. The van der Waals surface area contributed by atoms with Gasteiger partial charge in [-0.05, 0) is 36.4 Å². The van der Waals surface area contributed by atoms with Gasteiger partial charge in [0.25, 0.3) is 10.0 Å². The second kappa shape index (κ2) is 7.78. The number of hydrogen-bond acceptors (Lipinski definition) is 3. The summed E-state index contributed by atoms with van der Waals surface area (Å²) in [6.07, 6.45) is -0.475. The van der Waals surface area contributed by atoms with E-state index in [0.717, 1.165) is 28.6 Å². The second-order valence-corrected chi connectivity index (χ2v) is 7.98. The minimum absolute atomic E-state index is 0.0227. The molecule has 0 fully saturated rings. The molecule has 1 N–H and O–H groups in total. The molecule has 0 heterocycles. The van der Waals surface area contributed by atoms with Crippen LogP contribution in [-0.4, -0.2) is 26.0 Å². The van der Waals surface area contributed by atoms with Gasteiger partial charge < -0.3 is 5.11 Å². The third-order valence-corrected chi connectivity index (χ3v) is 6.04. The van der Waals surface area contributed by atoms with Crippen molar-refractivity contribution >= 4 is 56.5 Å². The van der Waals surface area contributed by atoms with Crippen molar-refractivity contribution in [1.82, 2.24) is 0 Å². The smallest absolute Gasteiger partial charge is 0.305 e. The van der Waals surface area contributed by atoms with E-state index in [2.05, 4.69) is 0 Å². The Labute approximate surface area is 158 Å². The van der Waals surface area contributed by atoms with Gasteiger partial charge in [-0.25, -0.2) is 12.8 Å². The first-order chi connectivity index (χ1) is 11.6. The molecule has 10 heteroatoms. The highest BCUT2D eigenvalue weighted by Crippen LogP contribution is 2.37. The maximum atomic E-state index is 13.1. The number of carboxylic acids is 1. The van der Waals surface area contributed by atoms with Crippen molar-refractivity contribution < 1.29 is 22.7 Å². The average molecular weight is 427 g/mol. The van der Waals surface area contributed by atoms with Gasteiger partial charge in [-0.2, -0.15) is 0 Å². The van der Waals surface area contributed by atoms with Crippen LogP contribution in [0.15, 0.2) is 41.3 Å². The van der Waals surface area contributed by atoms with Crippen molar-refractivity contribution in [2.45, 2.75) is 11.3 Å². The predicted molar refractivity (Wildman–Crippen MR) is 94.7 cm³/mol. The normalized spacial score (nSPS) is 11.4. The Kier molecular flexibility index (Phi) is 6.16. The Bertz CT molecular complexity index is 904. The van der Waals surface area contributed by atoms with Gasteiger partial charge in [0.15, 0.2) is 0 Å². The molecule has 0 bridgehead atoms. The zero-order valence-corrected chi connectivity index (χ0v) is 15.5. The molecule has 0 aliphatic heterocycles. The van der Waals surface area contributed by atoms with Crippen LogP contribution in [0.3, 0.4) is 0 Å². The number of halogens is 4. The van der Waals surface area contributed by atoms with Crippen molar-refractivity contribution in [2.75, 3.05) is 10.8 Å². The van der Waals surface area contributed by atoms with E-state index in [1.165, 1.54) is 12.1 Å². The van der Waals surface area contributed by atoms with Crippen molar-refractivity contribution in [1.29, 1.82) is 0 Å². The van der Waals surface area contributed by atoms with Gasteiger partial charge in [0.05, 0.1) is 32.1 Å². The molecule has 0 radical (unpaired) electrons. The fraction of sp³-hybridized carbons (Fsp3) is 0.133. The molecular weight excluding hydrogens is 416 g/mol. The average Bonchev–Trinajstić information content (AvgIpc) is 2.52. The zero-order chi connectivity index (χ0) is 18.8. The summed E-state index contributed by atoms with van der Waals surface area (Å²) in [7, 11) is -4.20. The second-order valence-electron chi connectivity index (χ2n) is 4.89. The lowest BCUT2D eigenvalue weighted by atomic mass is 10.3. The lowest BCUT2D eigenvalue weighted by molar-refractivity contribution is -0.136.